The summed E-state index contributed by atoms with van der Waals surface area (Å²) < 4.78 is 0. The maximum atomic E-state index is 8.84. The van der Waals surface area contributed by atoms with Crippen molar-refractivity contribution in [2.45, 2.75) is 6.61 Å². The molecule has 0 saturated heterocycles. The van der Waals surface area contributed by atoms with Gasteiger partial charge in [0.05, 0.1) is 6.61 Å². The van der Waals surface area contributed by atoms with Gasteiger partial charge in [-0.25, -0.2) is 4.98 Å². The predicted octanol–water partition coefficient (Wildman–Crippen LogP) is -2.16. The van der Waals surface area contributed by atoms with Gasteiger partial charge in [0.1, 0.15) is 5.82 Å². The number of nitrogen functional groups attached to an aromatic ring is 1. The quantitative estimate of drug-likeness (QED) is 0.377. The van der Waals surface area contributed by atoms with Crippen LogP contribution in [-0.2, 0) is 6.61 Å². The summed E-state index contributed by atoms with van der Waals surface area (Å²) in [4.78, 5) is 3.66. The summed E-state index contributed by atoms with van der Waals surface area (Å²) >= 11 is 0. The lowest BCUT2D eigenvalue weighted by Crippen LogP contribution is -2.36. The second kappa shape index (κ2) is 3.53. The molecule has 1 aromatic heterocycles. The SMILES string of the molecule is Nc1nccc(CO)c1B(O)O. The number of nitrogens with zero attached hydrogens (tertiary/aromatic N) is 1. The van der Waals surface area contributed by atoms with Crippen molar-refractivity contribution in [1.82, 2.24) is 4.98 Å². The molecule has 0 aliphatic rings. The first-order valence-electron chi connectivity index (χ1n) is 3.37. The van der Waals surface area contributed by atoms with Gasteiger partial charge in [-0.1, -0.05) is 0 Å². The fraction of sp³-hybridized carbons (Fsp3) is 0.167. The van der Waals surface area contributed by atoms with E-state index in [4.69, 9.17) is 20.9 Å². The minimum absolute atomic E-state index is 0.0246. The number of aliphatic hydroxyl groups excluding tert-OH is 1. The minimum Gasteiger partial charge on any atom is -0.423 e. The van der Waals surface area contributed by atoms with Crippen molar-refractivity contribution in [3.05, 3.63) is 17.8 Å². The zero-order valence-corrected chi connectivity index (χ0v) is 6.31. The zero-order valence-electron chi connectivity index (χ0n) is 6.31. The summed E-state index contributed by atoms with van der Waals surface area (Å²) in [6.07, 6.45) is 1.40. The predicted molar refractivity (Wildman–Crippen MR) is 44.4 cm³/mol. The van der Waals surface area contributed by atoms with E-state index in [1.165, 1.54) is 12.3 Å². The molecule has 0 aliphatic heterocycles. The largest absolute Gasteiger partial charge is 0.492 e. The van der Waals surface area contributed by atoms with Crippen molar-refractivity contribution in [3.8, 4) is 0 Å². The van der Waals surface area contributed by atoms with Crippen LogP contribution < -0.4 is 11.2 Å². The van der Waals surface area contributed by atoms with E-state index in [9.17, 15) is 0 Å². The fourth-order valence-electron chi connectivity index (χ4n) is 0.967. The van der Waals surface area contributed by atoms with Gasteiger partial charge in [0.2, 0.25) is 0 Å². The Kier molecular flexibility index (Phi) is 2.64. The standard InChI is InChI=1S/C6H9BN2O3/c8-6-5(7(11)12)4(3-10)1-2-9-6/h1-2,10-12H,3H2,(H2,8,9). The Labute approximate surface area is 69.6 Å². The van der Waals surface area contributed by atoms with E-state index in [0.717, 1.165) is 0 Å². The van der Waals surface area contributed by atoms with Crippen LogP contribution in [0.3, 0.4) is 0 Å². The van der Waals surface area contributed by atoms with Crippen LogP contribution in [0.25, 0.3) is 0 Å². The molecule has 1 heterocycles. The number of aliphatic hydroxyl groups is 1. The first kappa shape index (κ1) is 8.99. The molecule has 0 unspecified atom stereocenters. The molecule has 12 heavy (non-hydrogen) atoms. The molecule has 0 spiro atoms. The fourth-order valence-corrected chi connectivity index (χ4v) is 0.967. The highest BCUT2D eigenvalue weighted by molar-refractivity contribution is 6.60. The maximum Gasteiger partial charge on any atom is 0.492 e. The Bertz CT molecular complexity index is 279. The lowest BCUT2D eigenvalue weighted by atomic mass is 9.77. The lowest BCUT2D eigenvalue weighted by Gasteiger charge is -2.07. The zero-order chi connectivity index (χ0) is 9.14. The molecule has 0 bridgehead atoms. The number of pyridine rings is 1. The second-order valence-electron chi connectivity index (χ2n) is 2.30. The number of rotatable bonds is 2. The van der Waals surface area contributed by atoms with Crippen LogP contribution in [0.4, 0.5) is 5.82 Å². The molecule has 0 atom stereocenters. The molecule has 0 aliphatic carbocycles. The van der Waals surface area contributed by atoms with Crippen LogP contribution in [0.5, 0.6) is 0 Å². The highest BCUT2D eigenvalue weighted by Crippen LogP contribution is 2.00. The Hall–Kier alpha value is -1.11. The van der Waals surface area contributed by atoms with Crippen molar-refractivity contribution in [1.29, 1.82) is 0 Å². The van der Waals surface area contributed by atoms with Crippen molar-refractivity contribution in [2.24, 2.45) is 0 Å². The number of hydrogen-bond acceptors (Lipinski definition) is 5. The van der Waals surface area contributed by atoms with Gasteiger partial charge in [-0.05, 0) is 11.6 Å². The van der Waals surface area contributed by atoms with Gasteiger partial charge >= 0.3 is 7.12 Å². The summed E-state index contributed by atoms with van der Waals surface area (Å²) in [6.45, 7) is -0.292. The first-order valence-corrected chi connectivity index (χ1v) is 3.37. The number of hydrogen-bond donors (Lipinski definition) is 4. The van der Waals surface area contributed by atoms with Crippen LogP contribution in [0, 0.1) is 0 Å². The first-order chi connectivity index (χ1) is 5.66. The van der Waals surface area contributed by atoms with Gasteiger partial charge in [0.25, 0.3) is 0 Å². The van der Waals surface area contributed by atoms with Gasteiger partial charge in [-0.2, -0.15) is 0 Å². The summed E-state index contributed by atoms with van der Waals surface area (Å²) in [5.74, 6) is 0.0246. The highest BCUT2D eigenvalue weighted by atomic mass is 16.4. The molecule has 0 saturated carbocycles. The lowest BCUT2D eigenvalue weighted by molar-refractivity contribution is 0.282. The van der Waals surface area contributed by atoms with E-state index in [0.29, 0.717) is 5.56 Å². The van der Waals surface area contributed by atoms with Crippen LogP contribution in [0.1, 0.15) is 5.56 Å². The van der Waals surface area contributed by atoms with Gasteiger partial charge in [-0.15, -0.1) is 0 Å². The van der Waals surface area contributed by atoms with Crippen LogP contribution in [0.15, 0.2) is 12.3 Å². The van der Waals surface area contributed by atoms with Crippen molar-refractivity contribution < 1.29 is 15.2 Å². The Balaban J connectivity index is 3.20. The monoisotopic (exact) mass is 168 g/mol. The maximum absolute atomic E-state index is 8.84. The van der Waals surface area contributed by atoms with E-state index in [-0.39, 0.29) is 17.9 Å². The normalized spacial score (nSPS) is 9.92. The summed E-state index contributed by atoms with van der Waals surface area (Å²) in [6, 6.07) is 1.48. The smallest absolute Gasteiger partial charge is 0.423 e. The molecule has 64 valence electrons. The van der Waals surface area contributed by atoms with Crippen LogP contribution in [-0.4, -0.2) is 27.3 Å². The van der Waals surface area contributed by atoms with E-state index in [2.05, 4.69) is 4.98 Å². The molecule has 1 aromatic rings. The molecule has 0 radical (unpaired) electrons. The molecule has 0 aromatic carbocycles. The third kappa shape index (κ3) is 1.55. The molecule has 5 N–H and O–H groups in total. The third-order valence-corrected chi connectivity index (χ3v) is 1.54. The molecule has 0 amide bonds. The van der Waals surface area contributed by atoms with Crippen molar-refractivity contribution >= 4 is 18.4 Å². The molecular weight excluding hydrogens is 159 g/mol. The Morgan fingerprint density at radius 1 is 1.50 bits per heavy atom. The van der Waals surface area contributed by atoms with Crippen molar-refractivity contribution in [3.63, 3.8) is 0 Å². The van der Waals surface area contributed by atoms with Gasteiger partial charge in [-0.3, -0.25) is 0 Å². The van der Waals surface area contributed by atoms with E-state index >= 15 is 0 Å². The molecule has 6 heteroatoms. The number of aromatic nitrogens is 1. The highest BCUT2D eigenvalue weighted by Gasteiger charge is 2.19. The van der Waals surface area contributed by atoms with Gasteiger partial charge < -0.3 is 20.9 Å². The summed E-state index contributed by atoms with van der Waals surface area (Å²) in [5, 5.41) is 26.5. The molecule has 5 nitrogen and oxygen atoms in total. The van der Waals surface area contributed by atoms with Crippen molar-refractivity contribution in [2.75, 3.05) is 5.73 Å². The van der Waals surface area contributed by atoms with Crippen LogP contribution >= 0.6 is 0 Å². The van der Waals surface area contributed by atoms with Gasteiger partial charge in [0, 0.05) is 11.7 Å². The Morgan fingerprint density at radius 3 is 2.58 bits per heavy atom. The average Bonchev–Trinajstić information content (AvgIpc) is 2.03. The number of nitrogens with two attached hydrogens (primary N) is 1. The molecule has 0 fully saturated rings. The Morgan fingerprint density at radius 2 is 2.17 bits per heavy atom. The van der Waals surface area contributed by atoms with E-state index in [1.807, 2.05) is 0 Å². The topological polar surface area (TPSA) is 99.6 Å². The second-order valence-corrected chi connectivity index (χ2v) is 2.30. The number of anilines is 1. The average molecular weight is 168 g/mol. The molecule has 1 rings (SSSR count). The van der Waals surface area contributed by atoms with Crippen LogP contribution in [0.2, 0.25) is 0 Å². The summed E-state index contributed by atoms with van der Waals surface area (Å²) in [7, 11) is -1.69. The van der Waals surface area contributed by atoms with E-state index in [1.54, 1.807) is 0 Å². The molecular formula is C6H9BN2O3. The van der Waals surface area contributed by atoms with E-state index < -0.39 is 7.12 Å². The minimum atomic E-state index is -1.69. The van der Waals surface area contributed by atoms with Gasteiger partial charge in [0.15, 0.2) is 0 Å². The summed E-state index contributed by atoms with van der Waals surface area (Å²) in [5.41, 5.74) is 5.80. The third-order valence-electron chi connectivity index (χ3n) is 1.54.